The number of fused-ring (bicyclic) bond motifs is 1. The maximum absolute atomic E-state index is 4.33. The van der Waals surface area contributed by atoms with Gasteiger partial charge in [-0.3, -0.25) is 4.98 Å². The monoisotopic (exact) mass is 159 g/mol. The molecule has 0 amide bonds. The Kier molecular flexibility index (Phi) is 1.72. The lowest BCUT2D eigenvalue weighted by Crippen LogP contribution is -2.09. The molecule has 0 radical (unpaired) electrons. The molecule has 0 aliphatic heterocycles. The second-order valence-electron chi connectivity index (χ2n) is 3.62. The molecule has 62 valence electrons. The molecule has 0 bridgehead atoms. The van der Waals surface area contributed by atoms with Gasteiger partial charge < -0.3 is 0 Å². The van der Waals surface area contributed by atoms with Gasteiger partial charge in [-0.25, -0.2) is 0 Å². The first kappa shape index (κ1) is 7.53. The van der Waals surface area contributed by atoms with Gasteiger partial charge in [-0.15, -0.1) is 0 Å². The van der Waals surface area contributed by atoms with E-state index in [0.29, 0.717) is 5.92 Å². The van der Waals surface area contributed by atoms with Gasteiger partial charge in [-0.1, -0.05) is 26.0 Å². The minimum absolute atomic E-state index is 0.634. The maximum Gasteiger partial charge on any atom is 0.0697 e. The third-order valence-electron chi connectivity index (χ3n) is 2.11. The minimum Gasteiger partial charge on any atom is -0.256 e. The summed E-state index contributed by atoms with van der Waals surface area (Å²) in [5.41, 5.74) is 4.02. The van der Waals surface area contributed by atoms with Crippen LogP contribution in [0.25, 0.3) is 5.57 Å². The second kappa shape index (κ2) is 2.74. The van der Waals surface area contributed by atoms with Gasteiger partial charge in [-0.2, -0.15) is 0 Å². The van der Waals surface area contributed by atoms with Crippen LogP contribution in [0.15, 0.2) is 24.4 Å². The summed E-state index contributed by atoms with van der Waals surface area (Å²) in [5.74, 6) is 0.634. The van der Waals surface area contributed by atoms with Crippen LogP contribution in [0.4, 0.5) is 0 Å². The normalized spacial score (nSPS) is 17.8. The Bertz CT molecular complexity index is 324. The van der Waals surface area contributed by atoms with Crippen molar-refractivity contribution in [1.29, 1.82) is 0 Å². The molecular formula is C11H13N. The van der Waals surface area contributed by atoms with Gasteiger partial charge >= 0.3 is 0 Å². The van der Waals surface area contributed by atoms with Crippen LogP contribution in [0.5, 0.6) is 0 Å². The van der Waals surface area contributed by atoms with Crippen LogP contribution in [0.2, 0.25) is 0 Å². The topological polar surface area (TPSA) is 12.9 Å². The van der Waals surface area contributed by atoms with Crippen molar-refractivity contribution >= 4 is 5.57 Å². The lowest BCUT2D eigenvalue weighted by atomic mass is 9.86. The van der Waals surface area contributed by atoms with E-state index < -0.39 is 0 Å². The van der Waals surface area contributed by atoms with Crippen molar-refractivity contribution in [1.82, 2.24) is 4.98 Å². The number of hydrogen-bond donors (Lipinski definition) is 0. The SMILES string of the molecule is CC(C)/C=C1\Cc2cccnc21. The molecule has 0 saturated heterocycles. The zero-order chi connectivity index (χ0) is 8.55. The summed E-state index contributed by atoms with van der Waals surface area (Å²) in [5, 5.41) is 0. The van der Waals surface area contributed by atoms with Gasteiger partial charge in [0.2, 0.25) is 0 Å². The molecule has 1 aliphatic carbocycles. The predicted molar refractivity (Wildman–Crippen MR) is 50.8 cm³/mol. The molecule has 1 aliphatic rings. The quantitative estimate of drug-likeness (QED) is 0.614. The first-order valence-corrected chi connectivity index (χ1v) is 4.42. The summed E-state index contributed by atoms with van der Waals surface area (Å²) >= 11 is 0. The highest BCUT2D eigenvalue weighted by Crippen LogP contribution is 2.32. The number of hydrogen-bond acceptors (Lipinski definition) is 1. The van der Waals surface area contributed by atoms with Crippen molar-refractivity contribution in [3.05, 3.63) is 35.7 Å². The second-order valence-corrected chi connectivity index (χ2v) is 3.62. The molecule has 0 fully saturated rings. The molecule has 1 heteroatoms. The van der Waals surface area contributed by atoms with E-state index in [1.807, 2.05) is 12.3 Å². The lowest BCUT2D eigenvalue weighted by Gasteiger charge is -2.21. The molecule has 12 heavy (non-hydrogen) atoms. The summed E-state index contributed by atoms with van der Waals surface area (Å²) in [7, 11) is 0. The van der Waals surface area contributed by atoms with E-state index in [-0.39, 0.29) is 0 Å². The molecule has 2 rings (SSSR count). The van der Waals surface area contributed by atoms with Gasteiger partial charge in [0.15, 0.2) is 0 Å². The number of nitrogens with zero attached hydrogens (tertiary/aromatic N) is 1. The third-order valence-corrected chi connectivity index (χ3v) is 2.11. The van der Waals surface area contributed by atoms with Crippen LogP contribution in [0, 0.1) is 5.92 Å². The largest absolute Gasteiger partial charge is 0.256 e. The Labute approximate surface area is 73.1 Å². The van der Waals surface area contributed by atoms with Gasteiger partial charge in [0.25, 0.3) is 0 Å². The molecular weight excluding hydrogens is 146 g/mol. The van der Waals surface area contributed by atoms with E-state index in [2.05, 4.69) is 31.0 Å². The predicted octanol–water partition coefficient (Wildman–Crippen LogP) is 2.68. The number of aromatic nitrogens is 1. The van der Waals surface area contributed by atoms with E-state index in [4.69, 9.17) is 0 Å². The molecule has 0 saturated carbocycles. The zero-order valence-electron chi connectivity index (χ0n) is 7.54. The number of pyridine rings is 1. The Morgan fingerprint density at radius 2 is 2.33 bits per heavy atom. The van der Waals surface area contributed by atoms with Gasteiger partial charge in [-0.05, 0) is 23.1 Å². The van der Waals surface area contributed by atoms with Crippen LogP contribution >= 0.6 is 0 Å². The maximum atomic E-state index is 4.33. The van der Waals surface area contributed by atoms with Crippen molar-refractivity contribution < 1.29 is 0 Å². The Morgan fingerprint density at radius 3 is 3.00 bits per heavy atom. The van der Waals surface area contributed by atoms with Crippen molar-refractivity contribution in [2.24, 2.45) is 5.92 Å². The van der Waals surface area contributed by atoms with Crippen LogP contribution in [0.3, 0.4) is 0 Å². The molecule has 1 nitrogen and oxygen atoms in total. The summed E-state index contributed by atoms with van der Waals surface area (Å²) in [4.78, 5) is 4.33. The zero-order valence-corrected chi connectivity index (χ0v) is 7.54. The fourth-order valence-corrected chi connectivity index (χ4v) is 1.59. The molecule has 0 unspecified atom stereocenters. The van der Waals surface area contributed by atoms with Crippen molar-refractivity contribution in [2.45, 2.75) is 20.3 Å². The van der Waals surface area contributed by atoms with E-state index >= 15 is 0 Å². The first-order chi connectivity index (χ1) is 5.77. The first-order valence-electron chi connectivity index (χ1n) is 4.42. The highest BCUT2D eigenvalue weighted by molar-refractivity contribution is 5.76. The number of allylic oxidation sites excluding steroid dienone is 2. The van der Waals surface area contributed by atoms with E-state index in [9.17, 15) is 0 Å². The smallest absolute Gasteiger partial charge is 0.0697 e. The van der Waals surface area contributed by atoms with Crippen LogP contribution in [0.1, 0.15) is 25.1 Å². The van der Waals surface area contributed by atoms with Crippen LogP contribution in [-0.4, -0.2) is 4.98 Å². The fourth-order valence-electron chi connectivity index (χ4n) is 1.59. The number of rotatable bonds is 1. The summed E-state index contributed by atoms with van der Waals surface area (Å²) in [6, 6.07) is 4.16. The molecule has 1 aromatic heterocycles. The fraction of sp³-hybridized carbons (Fsp3) is 0.364. The van der Waals surface area contributed by atoms with E-state index in [0.717, 1.165) is 6.42 Å². The van der Waals surface area contributed by atoms with Crippen molar-refractivity contribution in [3.63, 3.8) is 0 Å². The average molecular weight is 159 g/mol. The minimum atomic E-state index is 0.634. The highest BCUT2D eigenvalue weighted by atomic mass is 14.7. The summed E-state index contributed by atoms with van der Waals surface area (Å²) < 4.78 is 0. The van der Waals surface area contributed by atoms with E-state index in [1.165, 1.54) is 16.8 Å². The summed E-state index contributed by atoms with van der Waals surface area (Å²) in [6.45, 7) is 4.40. The Morgan fingerprint density at radius 1 is 1.50 bits per heavy atom. The van der Waals surface area contributed by atoms with Gasteiger partial charge in [0.1, 0.15) is 0 Å². The van der Waals surface area contributed by atoms with Gasteiger partial charge in [0.05, 0.1) is 5.69 Å². The van der Waals surface area contributed by atoms with Gasteiger partial charge in [0, 0.05) is 12.6 Å². The highest BCUT2D eigenvalue weighted by Gasteiger charge is 2.19. The Balaban J connectivity index is 2.31. The molecule has 1 aromatic rings. The molecule has 0 spiro atoms. The van der Waals surface area contributed by atoms with Crippen LogP contribution in [-0.2, 0) is 6.42 Å². The lowest BCUT2D eigenvalue weighted by molar-refractivity contribution is 0.825. The van der Waals surface area contributed by atoms with Crippen LogP contribution < -0.4 is 0 Å². The molecule has 0 atom stereocenters. The molecule has 0 N–H and O–H groups in total. The summed E-state index contributed by atoms with van der Waals surface area (Å²) in [6.07, 6.45) is 5.28. The Hall–Kier alpha value is -1.11. The third kappa shape index (κ3) is 1.15. The molecule has 0 aromatic carbocycles. The van der Waals surface area contributed by atoms with Crippen molar-refractivity contribution in [2.75, 3.05) is 0 Å². The molecule has 1 heterocycles. The van der Waals surface area contributed by atoms with Crippen molar-refractivity contribution in [3.8, 4) is 0 Å². The standard InChI is InChI=1S/C11H13N/c1-8(2)6-10-7-9-4-3-5-12-11(9)10/h3-6,8H,7H2,1-2H3/b10-6+. The van der Waals surface area contributed by atoms with E-state index in [1.54, 1.807) is 0 Å². The average Bonchev–Trinajstić information content (AvgIpc) is 2.00.